The number of hydrogen-bond donors (Lipinski definition) is 2. The third-order valence-corrected chi connectivity index (χ3v) is 2.05. The van der Waals surface area contributed by atoms with Crippen molar-refractivity contribution in [3.63, 3.8) is 0 Å². The molecule has 8 heteroatoms. The van der Waals surface area contributed by atoms with Crippen LogP contribution in [0, 0.1) is 0 Å². The van der Waals surface area contributed by atoms with Crippen LogP contribution in [0.15, 0.2) is 28.7 Å². The number of rotatable bonds is 3. The minimum atomic E-state index is -0.555. The van der Waals surface area contributed by atoms with E-state index in [9.17, 15) is 9.59 Å². The van der Waals surface area contributed by atoms with Crippen molar-refractivity contribution in [1.29, 1.82) is 0 Å². The topological polar surface area (TPSA) is 120 Å². The number of anilines is 2. The molecule has 0 radical (unpaired) electrons. The standard InChI is InChI=1S/C11H10N4O4/c1-6(16)18-8-5-3-2-4-7(8)9(17)13-11-15-14-10(12)19-11/h2-5H,1H3,(H2,12,14)(H,13,15,17). The smallest absolute Gasteiger partial charge is 0.323 e. The first-order valence-electron chi connectivity index (χ1n) is 5.24. The van der Waals surface area contributed by atoms with Gasteiger partial charge in [0.05, 0.1) is 5.56 Å². The van der Waals surface area contributed by atoms with Gasteiger partial charge in [0, 0.05) is 6.92 Å². The molecular formula is C11H10N4O4. The first kappa shape index (κ1) is 12.6. The van der Waals surface area contributed by atoms with E-state index in [2.05, 4.69) is 15.5 Å². The Morgan fingerprint density at radius 1 is 1.32 bits per heavy atom. The van der Waals surface area contributed by atoms with Crippen LogP contribution >= 0.6 is 0 Å². The van der Waals surface area contributed by atoms with Crippen LogP contribution in [0.2, 0.25) is 0 Å². The highest BCUT2D eigenvalue weighted by molar-refractivity contribution is 6.05. The van der Waals surface area contributed by atoms with E-state index in [1.165, 1.54) is 19.1 Å². The summed E-state index contributed by atoms with van der Waals surface area (Å²) in [6.45, 7) is 1.24. The van der Waals surface area contributed by atoms with Gasteiger partial charge in [-0.3, -0.25) is 14.9 Å². The lowest BCUT2D eigenvalue weighted by Gasteiger charge is -2.07. The van der Waals surface area contributed by atoms with E-state index in [0.29, 0.717) is 0 Å². The van der Waals surface area contributed by atoms with Crippen molar-refractivity contribution in [2.45, 2.75) is 6.92 Å². The molecule has 0 atom stereocenters. The average molecular weight is 262 g/mol. The summed E-state index contributed by atoms with van der Waals surface area (Å²) in [7, 11) is 0. The van der Waals surface area contributed by atoms with Gasteiger partial charge in [0.2, 0.25) is 0 Å². The number of carbonyl (C=O) groups excluding carboxylic acids is 2. The Kier molecular flexibility index (Phi) is 3.42. The molecule has 2 rings (SSSR count). The van der Waals surface area contributed by atoms with Gasteiger partial charge in [0.1, 0.15) is 5.75 Å². The van der Waals surface area contributed by atoms with E-state index in [0.717, 1.165) is 0 Å². The fraction of sp³-hybridized carbons (Fsp3) is 0.0909. The Morgan fingerprint density at radius 3 is 2.68 bits per heavy atom. The lowest BCUT2D eigenvalue weighted by Crippen LogP contribution is -2.15. The van der Waals surface area contributed by atoms with Crippen LogP contribution in [-0.4, -0.2) is 22.1 Å². The zero-order valence-corrected chi connectivity index (χ0v) is 9.91. The van der Waals surface area contributed by atoms with E-state index < -0.39 is 11.9 Å². The van der Waals surface area contributed by atoms with Crippen molar-refractivity contribution in [2.75, 3.05) is 11.1 Å². The molecule has 0 aliphatic carbocycles. The number of nitrogens with zero attached hydrogens (tertiary/aromatic N) is 2. The molecule has 2 aromatic rings. The molecule has 0 bridgehead atoms. The number of amides is 1. The van der Waals surface area contributed by atoms with Crippen molar-refractivity contribution in [3.05, 3.63) is 29.8 Å². The summed E-state index contributed by atoms with van der Waals surface area (Å²) < 4.78 is 9.73. The molecule has 98 valence electrons. The van der Waals surface area contributed by atoms with Gasteiger partial charge in [-0.1, -0.05) is 22.3 Å². The summed E-state index contributed by atoms with van der Waals surface area (Å²) >= 11 is 0. The molecule has 0 spiro atoms. The number of ether oxygens (including phenoxy) is 1. The van der Waals surface area contributed by atoms with Crippen LogP contribution in [0.1, 0.15) is 17.3 Å². The molecule has 0 aliphatic rings. The molecule has 0 saturated carbocycles. The number of carbonyl (C=O) groups is 2. The van der Waals surface area contributed by atoms with E-state index in [1.807, 2.05) is 0 Å². The second-order valence-corrected chi connectivity index (χ2v) is 3.49. The predicted octanol–water partition coefficient (Wildman–Crippen LogP) is 0.829. The maximum absolute atomic E-state index is 12.0. The molecule has 1 aromatic carbocycles. The Morgan fingerprint density at radius 2 is 2.05 bits per heavy atom. The fourth-order valence-electron chi connectivity index (χ4n) is 1.35. The zero-order chi connectivity index (χ0) is 13.8. The van der Waals surface area contributed by atoms with Crippen molar-refractivity contribution < 1.29 is 18.7 Å². The van der Waals surface area contributed by atoms with Gasteiger partial charge in [0.25, 0.3) is 5.91 Å². The summed E-state index contributed by atoms with van der Waals surface area (Å²) in [5, 5.41) is 9.23. The quantitative estimate of drug-likeness (QED) is 0.620. The Bertz CT molecular complexity index is 623. The molecule has 19 heavy (non-hydrogen) atoms. The SMILES string of the molecule is CC(=O)Oc1ccccc1C(=O)Nc1nnc(N)o1. The maximum atomic E-state index is 12.0. The number of aromatic nitrogens is 2. The number of nitrogens with two attached hydrogens (primary N) is 1. The molecule has 0 unspecified atom stereocenters. The second-order valence-electron chi connectivity index (χ2n) is 3.49. The van der Waals surface area contributed by atoms with Crippen LogP contribution in [0.3, 0.4) is 0 Å². The Balaban J connectivity index is 2.21. The molecule has 1 aromatic heterocycles. The average Bonchev–Trinajstić information content (AvgIpc) is 2.74. The van der Waals surface area contributed by atoms with E-state index in [1.54, 1.807) is 12.1 Å². The predicted molar refractivity (Wildman–Crippen MR) is 64.4 cm³/mol. The summed E-state index contributed by atoms with van der Waals surface area (Å²) in [4.78, 5) is 22.9. The third kappa shape index (κ3) is 3.06. The monoisotopic (exact) mass is 262 g/mol. The van der Waals surface area contributed by atoms with E-state index in [-0.39, 0.29) is 23.3 Å². The minimum absolute atomic E-state index is 0.139. The normalized spacial score (nSPS) is 9.95. The Hall–Kier alpha value is -2.90. The lowest BCUT2D eigenvalue weighted by molar-refractivity contribution is -0.131. The second kappa shape index (κ2) is 5.17. The number of benzene rings is 1. The fourth-order valence-corrected chi connectivity index (χ4v) is 1.35. The molecule has 0 saturated heterocycles. The summed E-state index contributed by atoms with van der Waals surface area (Å²) in [5.41, 5.74) is 5.39. The summed E-state index contributed by atoms with van der Waals surface area (Å²) in [6.07, 6.45) is 0. The van der Waals surface area contributed by atoms with E-state index in [4.69, 9.17) is 14.9 Å². The molecule has 1 heterocycles. The Labute approximate surface area is 107 Å². The highest BCUT2D eigenvalue weighted by Gasteiger charge is 2.16. The summed E-state index contributed by atoms with van der Waals surface area (Å²) in [6, 6.07) is 5.96. The highest BCUT2D eigenvalue weighted by Crippen LogP contribution is 2.19. The zero-order valence-electron chi connectivity index (χ0n) is 9.91. The van der Waals surface area contributed by atoms with Crippen molar-refractivity contribution in [1.82, 2.24) is 10.2 Å². The summed E-state index contributed by atoms with van der Waals surface area (Å²) in [5.74, 6) is -0.942. The van der Waals surface area contributed by atoms with Crippen LogP contribution < -0.4 is 15.8 Å². The van der Waals surface area contributed by atoms with Crippen molar-refractivity contribution in [3.8, 4) is 5.75 Å². The molecule has 0 aliphatic heterocycles. The molecule has 0 fully saturated rings. The number of nitrogens with one attached hydrogen (secondary N) is 1. The van der Waals surface area contributed by atoms with Crippen LogP contribution in [-0.2, 0) is 4.79 Å². The minimum Gasteiger partial charge on any atom is -0.426 e. The van der Waals surface area contributed by atoms with Gasteiger partial charge in [-0.2, -0.15) is 0 Å². The van der Waals surface area contributed by atoms with Crippen molar-refractivity contribution >= 4 is 23.9 Å². The van der Waals surface area contributed by atoms with Gasteiger partial charge in [0.15, 0.2) is 0 Å². The first-order valence-corrected chi connectivity index (χ1v) is 5.24. The lowest BCUT2D eigenvalue weighted by atomic mass is 10.2. The number of nitrogen functional groups attached to an aromatic ring is 1. The largest absolute Gasteiger partial charge is 0.426 e. The maximum Gasteiger partial charge on any atom is 0.323 e. The molecular weight excluding hydrogens is 252 g/mol. The van der Waals surface area contributed by atoms with Gasteiger partial charge in [-0.15, -0.1) is 0 Å². The molecule has 8 nitrogen and oxygen atoms in total. The first-order chi connectivity index (χ1) is 9.06. The molecule has 3 N–H and O–H groups in total. The number of para-hydroxylation sites is 1. The van der Waals surface area contributed by atoms with Crippen LogP contribution in [0.4, 0.5) is 12.0 Å². The number of esters is 1. The highest BCUT2D eigenvalue weighted by atomic mass is 16.5. The van der Waals surface area contributed by atoms with Gasteiger partial charge in [-0.05, 0) is 12.1 Å². The van der Waals surface area contributed by atoms with E-state index >= 15 is 0 Å². The van der Waals surface area contributed by atoms with Gasteiger partial charge < -0.3 is 14.9 Å². The number of hydrogen-bond acceptors (Lipinski definition) is 7. The van der Waals surface area contributed by atoms with Crippen LogP contribution in [0.5, 0.6) is 5.75 Å². The third-order valence-electron chi connectivity index (χ3n) is 2.05. The van der Waals surface area contributed by atoms with Crippen molar-refractivity contribution in [2.24, 2.45) is 0 Å². The van der Waals surface area contributed by atoms with Crippen LogP contribution in [0.25, 0.3) is 0 Å². The molecule has 1 amide bonds. The van der Waals surface area contributed by atoms with Gasteiger partial charge >= 0.3 is 18.0 Å². The van der Waals surface area contributed by atoms with Gasteiger partial charge in [-0.25, -0.2) is 0 Å².